The molecule has 24 heavy (non-hydrogen) atoms. The average Bonchev–Trinajstić information content (AvgIpc) is 3.26. The largest absolute Gasteiger partial charge is 0.376 e. The summed E-state index contributed by atoms with van der Waals surface area (Å²) in [5.41, 5.74) is 3.93. The summed E-state index contributed by atoms with van der Waals surface area (Å²) in [6.45, 7) is 3.33. The van der Waals surface area contributed by atoms with Crippen molar-refractivity contribution in [1.29, 1.82) is 0 Å². The maximum absolute atomic E-state index is 12.5. The van der Waals surface area contributed by atoms with E-state index in [4.69, 9.17) is 4.74 Å². The van der Waals surface area contributed by atoms with Crippen LogP contribution in [-0.4, -0.2) is 22.3 Å². The molecule has 1 aliphatic heterocycles. The standard InChI is InChI=1S/C18H17N3O2S/c1-12-9-14(21-7-2-6-19-21)3-4-15(12)20-18(22)17-10-13-11-23-8-5-16(13)24-17/h2-4,6-7,9-10H,5,8,11H2,1H3,(H,20,22). The van der Waals surface area contributed by atoms with E-state index in [9.17, 15) is 4.79 Å². The molecule has 0 radical (unpaired) electrons. The fourth-order valence-corrected chi connectivity index (χ4v) is 3.84. The second-order valence-corrected chi connectivity index (χ2v) is 6.90. The zero-order valence-electron chi connectivity index (χ0n) is 13.3. The van der Waals surface area contributed by atoms with Gasteiger partial charge in [-0.05, 0) is 48.4 Å². The Labute approximate surface area is 143 Å². The molecule has 0 saturated heterocycles. The third kappa shape index (κ3) is 2.86. The molecule has 1 aromatic carbocycles. The van der Waals surface area contributed by atoms with E-state index < -0.39 is 0 Å². The Hall–Kier alpha value is -2.44. The molecule has 4 rings (SSSR count). The quantitative estimate of drug-likeness (QED) is 0.794. The number of hydrogen-bond donors (Lipinski definition) is 1. The lowest BCUT2D eigenvalue weighted by atomic mass is 10.1. The molecule has 1 N–H and O–H groups in total. The summed E-state index contributed by atoms with van der Waals surface area (Å²) in [6.07, 6.45) is 4.53. The van der Waals surface area contributed by atoms with Crippen molar-refractivity contribution >= 4 is 22.9 Å². The first-order chi connectivity index (χ1) is 11.7. The zero-order chi connectivity index (χ0) is 16.5. The highest BCUT2D eigenvalue weighted by Gasteiger charge is 2.18. The van der Waals surface area contributed by atoms with Gasteiger partial charge in [-0.3, -0.25) is 4.79 Å². The number of benzene rings is 1. The van der Waals surface area contributed by atoms with Crippen LogP contribution in [0.15, 0.2) is 42.7 Å². The molecule has 0 unspecified atom stereocenters. The molecule has 1 amide bonds. The molecule has 2 aromatic heterocycles. The Bertz CT molecular complexity index is 860. The van der Waals surface area contributed by atoms with Crippen LogP contribution in [0, 0.1) is 6.92 Å². The molecule has 0 fully saturated rings. The number of amides is 1. The highest BCUT2D eigenvalue weighted by atomic mass is 32.1. The summed E-state index contributed by atoms with van der Waals surface area (Å²) < 4.78 is 7.24. The number of hydrogen-bond acceptors (Lipinski definition) is 4. The molecule has 0 aliphatic carbocycles. The number of thiophene rings is 1. The predicted octanol–water partition coefficient (Wildman–Crippen LogP) is 3.57. The normalized spacial score (nSPS) is 13.5. The lowest BCUT2D eigenvalue weighted by Gasteiger charge is -2.10. The number of rotatable bonds is 3. The van der Waals surface area contributed by atoms with Crippen molar-refractivity contribution in [3.8, 4) is 5.69 Å². The van der Waals surface area contributed by atoms with Crippen LogP contribution >= 0.6 is 11.3 Å². The number of aromatic nitrogens is 2. The highest BCUT2D eigenvalue weighted by Crippen LogP contribution is 2.28. The summed E-state index contributed by atoms with van der Waals surface area (Å²) in [5, 5.41) is 7.23. The van der Waals surface area contributed by atoms with Gasteiger partial charge in [0.2, 0.25) is 0 Å². The van der Waals surface area contributed by atoms with E-state index in [1.165, 1.54) is 4.88 Å². The van der Waals surface area contributed by atoms with Crippen LogP contribution in [0.25, 0.3) is 5.69 Å². The maximum Gasteiger partial charge on any atom is 0.265 e. The summed E-state index contributed by atoms with van der Waals surface area (Å²) in [4.78, 5) is 14.5. The van der Waals surface area contributed by atoms with E-state index in [1.54, 1.807) is 22.2 Å². The molecule has 6 heteroatoms. The number of nitrogens with zero attached hydrogens (tertiary/aromatic N) is 2. The van der Waals surface area contributed by atoms with Crippen molar-refractivity contribution in [2.75, 3.05) is 11.9 Å². The number of carbonyl (C=O) groups excluding carboxylic acids is 1. The Morgan fingerprint density at radius 3 is 3.04 bits per heavy atom. The summed E-state index contributed by atoms with van der Waals surface area (Å²) >= 11 is 1.56. The number of carbonyl (C=O) groups is 1. The third-order valence-corrected chi connectivity index (χ3v) is 5.31. The number of fused-ring (bicyclic) bond motifs is 1. The summed E-state index contributed by atoms with van der Waals surface area (Å²) in [5.74, 6) is -0.0654. The van der Waals surface area contributed by atoms with Crippen LogP contribution in [0.5, 0.6) is 0 Å². The van der Waals surface area contributed by atoms with Crippen LogP contribution in [0.3, 0.4) is 0 Å². The van der Waals surface area contributed by atoms with Crippen LogP contribution in [0.1, 0.15) is 25.7 Å². The Morgan fingerprint density at radius 1 is 1.38 bits per heavy atom. The van der Waals surface area contributed by atoms with Gasteiger partial charge in [-0.2, -0.15) is 5.10 Å². The van der Waals surface area contributed by atoms with Crippen molar-refractivity contribution in [3.63, 3.8) is 0 Å². The van der Waals surface area contributed by atoms with Gasteiger partial charge in [-0.25, -0.2) is 4.68 Å². The SMILES string of the molecule is Cc1cc(-n2cccn2)ccc1NC(=O)c1cc2c(s1)CCOC2. The smallest absolute Gasteiger partial charge is 0.265 e. The number of anilines is 1. The Morgan fingerprint density at radius 2 is 2.29 bits per heavy atom. The van der Waals surface area contributed by atoms with Gasteiger partial charge < -0.3 is 10.1 Å². The van der Waals surface area contributed by atoms with Crippen LogP contribution in [0.4, 0.5) is 5.69 Å². The van der Waals surface area contributed by atoms with Gasteiger partial charge in [0.05, 0.1) is 23.8 Å². The van der Waals surface area contributed by atoms with Crippen molar-refractivity contribution in [2.24, 2.45) is 0 Å². The topological polar surface area (TPSA) is 56.2 Å². The van der Waals surface area contributed by atoms with E-state index in [2.05, 4.69) is 10.4 Å². The molecule has 0 atom stereocenters. The molecule has 5 nitrogen and oxygen atoms in total. The number of ether oxygens (including phenoxy) is 1. The molecule has 0 bridgehead atoms. The first-order valence-electron chi connectivity index (χ1n) is 7.82. The zero-order valence-corrected chi connectivity index (χ0v) is 14.1. The molecule has 3 heterocycles. The summed E-state index contributed by atoms with van der Waals surface area (Å²) in [7, 11) is 0. The average molecular weight is 339 g/mol. The second-order valence-electron chi connectivity index (χ2n) is 5.77. The van der Waals surface area contributed by atoms with E-state index in [-0.39, 0.29) is 5.91 Å². The minimum absolute atomic E-state index is 0.0654. The first-order valence-corrected chi connectivity index (χ1v) is 8.64. The minimum atomic E-state index is -0.0654. The van der Waals surface area contributed by atoms with Gasteiger partial charge >= 0.3 is 0 Å². The monoisotopic (exact) mass is 339 g/mol. The van der Waals surface area contributed by atoms with Crippen molar-refractivity contribution in [1.82, 2.24) is 9.78 Å². The third-order valence-electron chi connectivity index (χ3n) is 4.08. The van der Waals surface area contributed by atoms with Gasteiger partial charge in [0, 0.05) is 29.4 Å². The summed E-state index contributed by atoms with van der Waals surface area (Å²) in [6, 6.07) is 9.70. The molecule has 1 aliphatic rings. The number of aryl methyl sites for hydroxylation is 1. The fraction of sp³-hybridized carbons (Fsp3) is 0.222. The molecular weight excluding hydrogens is 322 g/mol. The minimum Gasteiger partial charge on any atom is -0.376 e. The molecule has 122 valence electrons. The van der Waals surface area contributed by atoms with Gasteiger partial charge in [0.1, 0.15) is 0 Å². The van der Waals surface area contributed by atoms with Gasteiger partial charge in [-0.1, -0.05) is 0 Å². The van der Waals surface area contributed by atoms with Crippen LogP contribution in [-0.2, 0) is 17.8 Å². The van der Waals surface area contributed by atoms with E-state index in [1.807, 2.05) is 43.5 Å². The Kier molecular flexibility index (Phi) is 3.92. The molecular formula is C18H17N3O2S. The van der Waals surface area contributed by atoms with Crippen molar-refractivity contribution < 1.29 is 9.53 Å². The fourth-order valence-electron chi connectivity index (χ4n) is 2.80. The molecule has 0 saturated carbocycles. The lowest BCUT2D eigenvalue weighted by molar-refractivity contribution is 0.102. The van der Waals surface area contributed by atoms with Crippen molar-refractivity contribution in [3.05, 3.63) is 63.6 Å². The first kappa shape index (κ1) is 15.1. The van der Waals surface area contributed by atoms with Gasteiger partial charge in [0.25, 0.3) is 5.91 Å². The van der Waals surface area contributed by atoms with E-state index in [0.717, 1.165) is 40.4 Å². The van der Waals surface area contributed by atoms with Crippen LogP contribution < -0.4 is 5.32 Å². The maximum atomic E-state index is 12.5. The van der Waals surface area contributed by atoms with Gasteiger partial charge in [-0.15, -0.1) is 11.3 Å². The highest BCUT2D eigenvalue weighted by molar-refractivity contribution is 7.14. The number of nitrogens with one attached hydrogen (secondary N) is 1. The van der Waals surface area contributed by atoms with E-state index in [0.29, 0.717) is 6.61 Å². The molecule has 3 aromatic rings. The predicted molar refractivity (Wildman–Crippen MR) is 93.9 cm³/mol. The van der Waals surface area contributed by atoms with E-state index >= 15 is 0 Å². The Balaban J connectivity index is 1.54. The second kappa shape index (κ2) is 6.22. The molecule has 0 spiro atoms. The van der Waals surface area contributed by atoms with Gasteiger partial charge in [0.15, 0.2) is 0 Å². The van der Waals surface area contributed by atoms with Crippen LogP contribution in [0.2, 0.25) is 0 Å². The lowest BCUT2D eigenvalue weighted by Crippen LogP contribution is -2.11. The van der Waals surface area contributed by atoms with Crippen molar-refractivity contribution in [2.45, 2.75) is 20.0 Å².